The van der Waals surface area contributed by atoms with Crippen molar-refractivity contribution in [1.29, 1.82) is 0 Å². The van der Waals surface area contributed by atoms with Gasteiger partial charge in [0.1, 0.15) is 5.78 Å². The van der Waals surface area contributed by atoms with Crippen molar-refractivity contribution >= 4 is 22.5 Å². The van der Waals surface area contributed by atoms with Crippen LogP contribution in [0.2, 0.25) is 0 Å². The van der Waals surface area contributed by atoms with Crippen LogP contribution >= 0.6 is 0 Å². The molecule has 0 aliphatic carbocycles. The van der Waals surface area contributed by atoms with Gasteiger partial charge in [0.2, 0.25) is 5.91 Å². The Morgan fingerprint density at radius 3 is 2.40 bits per heavy atom. The molecule has 7 heteroatoms. The first-order chi connectivity index (χ1) is 12.0. The van der Waals surface area contributed by atoms with Crippen LogP contribution < -0.4 is 16.4 Å². The lowest BCUT2D eigenvalue weighted by atomic mass is 10.0. The molecule has 2 aromatic rings. The molecule has 0 bridgehead atoms. The quantitative estimate of drug-likeness (QED) is 0.597. The number of nitrogens with one attached hydrogen (secondary N) is 3. The number of benzene rings is 1. The van der Waals surface area contributed by atoms with E-state index in [1.54, 1.807) is 12.1 Å². The summed E-state index contributed by atoms with van der Waals surface area (Å²) in [6.45, 7) is 2.08. The van der Waals surface area contributed by atoms with E-state index in [0.29, 0.717) is 17.3 Å². The van der Waals surface area contributed by atoms with Crippen LogP contribution in [0.4, 0.5) is 0 Å². The number of Topliss-reactive ketones (excluding diaryl/α,β-unsaturated/α-hetero) is 1. The molecule has 1 aromatic heterocycles. The number of fused-ring (bicyclic) bond motifs is 1. The fraction of sp³-hybridized carbons (Fsp3) is 0.444. The largest absolute Gasteiger partial charge is 0.356 e. The number of unbranched alkanes of at least 4 members (excludes halogenated alkanes) is 2. The highest BCUT2D eigenvalue weighted by Gasteiger charge is 2.05. The van der Waals surface area contributed by atoms with Crippen LogP contribution in [-0.2, 0) is 16.0 Å². The molecule has 2 rings (SSSR count). The minimum Gasteiger partial charge on any atom is -0.356 e. The lowest BCUT2D eigenvalue weighted by Gasteiger charge is -2.05. The molecule has 25 heavy (non-hydrogen) atoms. The molecule has 1 aromatic carbocycles. The van der Waals surface area contributed by atoms with E-state index in [9.17, 15) is 19.2 Å². The minimum atomic E-state index is -0.304. The molecule has 0 spiro atoms. The summed E-state index contributed by atoms with van der Waals surface area (Å²) < 4.78 is 0. The van der Waals surface area contributed by atoms with Gasteiger partial charge in [-0.15, -0.1) is 0 Å². The van der Waals surface area contributed by atoms with Crippen molar-refractivity contribution in [2.24, 2.45) is 0 Å². The SMILES string of the molecule is CC(=O)CCC(=O)NCCCCCc1ccc2c(=O)[nH][nH]c(=O)c2c1. The normalized spacial score (nSPS) is 10.8. The molecule has 0 fully saturated rings. The number of hydrogen-bond acceptors (Lipinski definition) is 4. The highest BCUT2D eigenvalue weighted by atomic mass is 16.2. The van der Waals surface area contributed by atoms with E-state index in [1.165, 1.54) is 6.92 Å². The fourth-order valence-corrected chi connectivity index (χ4v) is 2.62. The topological polar surface area (TPSA) is 112 Å². The van der Waals surface area contributed by atoms with Crippen LogP contribution in [0.15, 0.2) is 27.8 Å². The maximum Gasteiger partial charge on any atom is 0.270 e. The molecule has 0 saturated carbocycles. The van der Waals surface area contributed by atoms with E-state index >= 15 is 0 Å². The lowest BCUT2D eigenvalue weighted by molar-refractivity contribution is -0.124. The lowest BCUT2D eigenvalue weighted by Crippen LogP contribution is -2.24. The molecular formula is C18H23N3O4. The molecule has 7 nitrogen and oxygen atoms in total. The summed E-state index contributed by atoms with van der Waals surface area (Å²) in [6, 6.07) is 5.29. The number of aromatic amines is 2. The Hall–Kier alpha value is -2.70. The molecule has 1 amide bonds. The van der Waals surface area contributed by atoms with Crippen LogP contribution in [0.5, 0.6) is 0 Å². The molecule has 0 atom stereocenters. The minimum absolute atomic E-state index is 0.0198. The molecule has 0 saturated heterocycles. The highest BCUT2D eigenvalue weighted by Crippen LogP contribution is 2.11. The van der Waals surface area contributed by atoms with Crippen molar-refractivity contribution in [3.05, 3.63) is 44.5 Å². The standard InChI is InChI=1S/C18H23N3O4/c1-12(22)6-9-16(23)19-10-4-2-3-5-13-7-8-14-15(11-13)18(25)21-20-17(14)24/h7-8,11H,2-6,9-10H2,1H3,(H,19,23)(H,20,24)(H,21,25). The van der Waals surface area contributed by atoms with Crippen molar-refractivity contribution in [1.82, 2.24) is 15.5 Å². The highest BCUT2D eigenvalue weighted by molar-refractivity contribution is 5.83. The maximum absolute atomic E-state index is 11.8. The van der Waals surface area contributed by atoms with Crippen molar-refractivity contribution in [3.8, 4) is 0 Å². The van der Waals surface area contributed by atoms with Crippen LogP contribution in [0.25, 0.3) is 10.8 Å². The van der Waals surface area contributed by atoms with Gasteiger partial charge < -0.3 is 10.1 Å². The molecule has 1 heterocycles. The van der Waals surface area contributed by atoms with Gasteiger partial charge in [-0.3, -0.25) is 24.6 Å². The van der Waals surface area contributed by atoms with Gasteiger partial charge >= 0.3 is 0 Å². The molecule has 0 unspecified atom stereocenters. The Kier molecular flexibility index (Phi) is 6.68. The first-order valence-corrected chi connectivity index (χ1v) is 8.47. The van der Waals surface area contributed by atoms with E-state index in [2.05, 4.69) is 15.5 Å². The number of carbonyl (C=O) groups is 2. The number of H-pyrrole nitrogens is 2. The predicted octanol–water partition coefficient (Wildman–Crippen LogP) is 1.41. The van der Waals surface area contributed by atoms with E-state index in [-0.39, 0.29) is 35.7 Å². The second-order valence-electron chi connectivity index (χ2n) is 6.15. The summed E-state index contributed by atoms with van der Waals surface area (Å²) in [7, 11) is 0. The van der Waals surface area contributed by atoms with Gasteiger partial charge in [0.25, 0.3) is 11.1 Å². The summed E-state index contributed by atoms with van der Waals surface area (Å²) in [4.78, 5) is 45.7. The number of amides is 1. The van der Waals surface area contributed by atoms with Gasteiger partial charge in [-0.25, -0.2) is 0 Å². The molecule has 0 aliphatic rings. The number of ketones is 1. The maximum atomic E-state index is 11.8. The number of hydrogen-bond donors (Lipinski definition) is 3. The fourth-order valence-electron chi connectivity index (χ4n) is 2.62. The van der Waals surface area contributed by atoms with Crippen LogP contribution in [0.1, 0.15) is 44.6 Å². The van der Waals surface area contributed by atoms with E-state index in [4.69, 9.17) is 0 Å². The predicted molar refractivity (Wildman–Crippen MR) is 95.7 cm³/mol. The average molecular weight is 345 g/mol. The Bertz CT molecular complexity index is 866. The van der Waals surface area contributed by atoms with Crippen LogP contribution in [0.3, 0.4) is 0 Å². The third-order valence-corrected chi connectivity index (χ3v) is 4.03. The third kappa shape index (κ3) is 5.70. The summed E-state index contributed by atoms with van der Waals surface area (Å²) in [5, 5.41) is 8.22. The Labute approximate surface area is 144 Å². The molecule has 0 aliphatic heterocycles. The first-order valence-electron chi connectivity index (χ1n) is 8.47. The average Bonchev–Trinajstić information content (AvgIpc) is 2.59. The number of aromatic nitrogens is 2. The van der Waals surface area contributed by atoms with Gasteiger partial charge in [-0.05, 0) is 43.9 Å². The molecule has 3 N–H and O–H groups in total. The monoisotopic (exact) mass is 345 g/mol. The van der Waals surface area contributed by atoms with Gasteiger partial charge in [-0.2, -0.15) is 0 Å². The Balaban J connectivity index is 1.74. The summed E-state index contributed by atoms with van der Waals surface area (Å²) in [5.74, 6) is -0.0689. The third-order valence-electron chi connectivity index (χ3n) is 4.03. The molecule has 0 radical (unpaired) electrons. The van der Waals surface area contributed by atoms with Gasteiger partial charge in [0.15, 0.2) is 0 Å². The van der Waals surface area contributed by atoms with Gasteiger partial charge in [-0.1, -0.05) is 12.5 Å². The molecular weight excluding hydrogens is 322 g/mol. The Morgan fingerprint density at radius 2 is 1.68 bits per heavy atom. The van der Waals surface area contributed by atoms with E-state index < -0.39 is 0 Å². The van der Waals surface area contributed by atoms with Gasteiger partial charge in [0.05, 0.1) is 10.8 Å². The second-order valence-corrected chi connectivity index (χ2v) is 6.15. The van der Waals surface area contributed by atoms with Crippen molar-refractivity contribution < 1.29 is 9.59 Å². The zero-order valence-corrected chi connectivity index (χ0v) is 14.3. The second kappa shape index (κ2) is 8.96. The first kappa shape index (κ1) is 18.6. The molecule has 134 valence electrons. The Morgan fingerprint density at radius 1 is 0.960 bits per heavy atom. The number of carbonyl (C=O) groups excluding carboxylic acids is 2. The summed E-state index contributed by atoms with van der Waals surface area (Å²) in [5.41, 5.74) is 0.403. The van der Waals surface area contributed by atoms with Crippen molar-refractivity contribution in [2.45, 2.75) is 45.4 Å². The van der Waals surface area contributed by atoms with Crippen LogP contribution in [-0.4, -0.2) is 28.4 Å². The number of rotatable bonds is 9. The number of aryl methyl sites for hydroxylation is 1. The van der Waals surface area contributed by atoms with Crippen molar-refractivity contribution in [3.63, 3.8) is 0 Å². The van der Waals surface area contributed by atoms with E-state index in [0.717, 1.165) is 31.2 Å². The summed E-state index contributed by atoms with van der Waals surface area (Å²) in [6.07, 6.45) is 4.07. The van der Waals surface area contributed by atoms with E-state index in [1.807, 2.05) is 6.07 Å². The van der Waals surface area contributed by atoms with Gasteiger partial charge in [0, 0.05) is 19.4 Å². The smallest absolute Gasteiger partial charge is 0.270 e. The summed E-state index contributed by atoms with van der Waals surface area (Å²) >= 11 is 0. The van der Waals surface area contributed by atoms with Crippen LogP contribution in [0, 0.1) is 0 Å². The zero-order chi connectivity index (χ0) is 18.2. The zero-order valence-electron chi connectivity index (χ0n) is 14.3. The van der Waals surface area contributed by atoms with Crippen molar-refractivity contribution in [2.75, 3.05) is 6.54 Å².